The number of alkyl halides is 3. The van der Waals surface area contributed by atoms with Crippen LogP contribution in [0.1, 0.15) is 11.1 Å². The van der Waals surface area contributed by atoms with E-state index in [1.54, 1.807) is 5.32 Å². The van der Waals surface area contributed by atoms with Gasteiger partial charge >= 0.3 is 0 Å². The Hall–Kier alpha value is -1.10. The van der Waals surface area contributed by atoms with Crippen molar-refractivity contribution in [2.45, 2.75) is 9.96 Å². The van der Waals surface area contributed by atoms with Crippen molar-refractivity contribution in [2.24, 2.45) is 9.98 Å². The van der Waals surface area contributed by atoms with Crippen LogP contribution >= 0.6 is 34.8 Å². The number of benzene rings is 2. The maximum Gasteiger partial charge on any atom is 0.264 e. The summed E-state index contributed by atoms with van der Waals surface area (Å²) in [6, 6.07) is 19.5. The molecule has 23 heavy (non-hydrogen) atoms. The predicted molar refractivity (Wildman–Crippen MR) is 92.0 cm³/mol. The molecule has 1 aliphatic rings. The van der Waals surface area contributed by atoms with Gasteiger partial charge in [0.25, 0.3) is 3.79 Å². The zero-order chi connectivity index (χ0) is 15.6. The molecule has 1 atom stereocenters. The number of hydrogen-bond donors (Lipinski definition) is 1. The van der Waals surface area contributed by atoms with Gasteiger partial charge in [-0.2, -0.15) is 4.99 Å². The third-order valence-corrected chi connectivity index (χ3v) is 3.91. The lowest BCUT2D eigenvalue weighted by Gasteiger charge is -2.23. The summed E-state index contributed by atoms with van der Waals surface area (Å²) in [4.78, 5) is 9.10. The van der Waals surface area contributed by atoms with Crippen molar-refractivity contribution in [2.75, 3.05) is 0 Å². The number of halogens is 4. The van der Waals surface area contributed by atoms with Crippen LogP contribution in [0, 0.1) is 0 Å². The van der Waals surface area contributed by atoms with E-state index in [1.165, 1.54) is 0 Å². The quantitative estimate of drug-likeness (QED) is 0.712. The summed E-state index contributed by atoms with van der Waals surface area (Å²) in [7, 11) is 0. The molecule has 1 aliphatic heterocycles. The van der Waals surface area contributed by atoms with E-state index in [2.05, 4.69) is 9.98 Å². The third-order valence-electron chi connectivity index (χ3n) is 3.24. The Bertz CT molecular complexity index is 709. The number of aliphatic imine (C=N–C) groups is 2. The molecule has 3 rings (SSSR count). The van der Waals surface area contributed by atoms with Gasteiger partial charge in [0.05, 0.1) is 5.56 Å². The van der Waals surface area contributed by atoms with Crippen LogP contribution in [0.2, 0.25) is 0 Å². The van der Waals surface area contributed by atoms with Crippen LogP contribution in [-0.2, 0) is 0 Å². The van der Waals surface area contributed by atoms with E-state index < -0.39 is 9.96 Å². The molecule has 3 nitrogen and oxygen atoms in total. The van der Waals surface area contributed by atoms with Crippen molar-refractivity contribution < 1.29 is 17.7 Å². The van der Waals surface area contributed by atoms with Gasteiger partial charge in [0.1, 0.15) is 0 Å². The highest BCUT2D eigenvalue weighted by molar-refractivity contribution is 6.68. The summed E-state index contributed by atoms with van der Waals surface area (Å²) in [5.74, 6) is 1.32. The molecule has 0 fully saturated rings. The second-order valence-corrected chi connectivity index (χ2v) is 7.20. The Balaban J connectivity index is 0.00000192. The number of quaternary nitrogens is 1. The lowest BCUT2D eigenvalue weighted by atomic mass is 10.1. The molecule has 0 spiro atoms. The zero-order valence-electron chi connectivity index (χ0n) is 11.8. The highest BCUT2D eigenvalue weighted by atomic mass is 35.6. The standard InChI is InChI=1S/C16H12Cl3N3.ClH/c17-16(18,19)15-21-13(11-7-3-1-4-8-11)20-14(22-15)12-9-5-2-6-10-12;/h1-10,15H,(H,20,21,22);1H. The van der Waals surface area contributed by atoms with Crippen molar-refractivity contribution in [3.8, 4) is 0 Å². The monoisotopic (exact) mass is 387 g/mol. The van der Waals surface area contributed by atoms with Gasteiger partial charge in [-0.05, 0) is 12.1 Å². The summed E-state index contributed by atoms with van der Waals surface area (Å²) in [5.41, 5.74) is 1.85. The highest BCUT2D eigenvalue weighted by Crippen LogP contribution is 2.30. The van der Waals surface area contributed by atoms with Crippen molar-refractivity contribution in [1.82, 2.24) is 0 Å². The van der Waals surface area contributed by atoms with E-state index in [-0.39, 0.29) is 12.4 Å². The average Bonchev–Trinajstić information content (AvgIpc) is 2.55. The van der Waals surface area contributed by atoms with E-state index in [1.807, 2.05) is 60.7 Å². The Kier molecular flexibility index (Phi) is 6.06. The first kappa shape index (κ1) is 18.2. The van der Waals surface area contributed by atoms with E-state index in [9.17, 15) is 0 Å². The molecular weight excluding hydrogens is 376 g/mol. The van der Waals surface area contributed by atoms with Crippen LogP contribution in [0.15, 0.2) is 70.6 Å². The first-order chi connectivity index (χ1) is 10.5. The fraction of sp³-hybridized carbons (Fsp3) is 0.125. The van der Waals surface area contributed by atoms with Crippen LogP contribution < -0.4 is 17.7 Å². The van der Waals surface area contributed by atoms with Crippen molar-refractivity contribution in [3.05, 3.63) is 71.8 Å². The number of nitrogens with zero attached hydrogens (tertiary/aromatic N) is 2. The van der Waals surface area contributed by atoms with Crippen LogP contribution in [0.25, 0.3) is 0 Å². The SMILES string of the molecule is ClC(Cl)(Cl)C1N=C(c2ccccc2)N=C(c2ccccc2)[NH2+]1.[Cl-]. The maximum atomic E-state index is 6.06. The van der Waals surface area contributed by atoms with Gasteiger partial charge in [0.15, 0.2) is 5.84 Å². The molecule has 0 aliphatic carbocycles. The van der Waals surface area contributed by atoms with Crippen LogP contribution in [0.3, 0.4) is 0 Å². The fourth-order valence-corrected chi connectivity index (χ4v) is 2.50. The molecule has 2 aromatic carbocycles. The van der Waals surface area contributed by atoms with Gasteiger partial charge in [-0.3, -0.25) is 5.32 Å². The molecule has 120 valence electrons. The number of rotatable bonds is 2. The predicted octanol–water partition coefficient (Wildman–Crippen LogP) is 0.157. The molecule has 2 N–H and O–H groups in total. The van der Waals surface area contributed by atoms with Crippen molar-refractivity contribution in [3.63, 3.8) is 0 Å². The van der Waals surface area contributed by atoms with E-state index in [0.717, 1.165) is 17.0 Å². The number of amidine groups is 2. The normalized spacial score (nSPS) is 17.8. The minimum absolute atomic E-state index is 0. The molecule has 0 radical (unpaired) electrons. The van der Waals surface area contributed by atoms with E-state index >= 15 is 0 Å². The second kappa shape index (κ2) is 7.65. The summed E-state index contributed by atoms with van der Waals surface area (Å²) >= 11 is 18.2. The van der Waals surface area contributed by atoms with Crippen LogP contribution in [0.5, 0.6) is 0 Å². The van der Waals surface area contributed by atoms with Crippen LogP contribution in [0.4, 0.5) is 0 Å². The van der Waals surface area contributed by atoms with E-state index in [4.69, 9.17) is 34.8 Å². The van der Waals surface area contributed by atoms with E-state index in [0.29, 0.717) is 5.84 Å². The smallest absolute Gasteiger partial charge is 0.264 e. The fourth-order valence-electron chi connectivity index (χ4n) is 2.16. The Morgan fingerprint density at radius 3 is 1.87 bits per heavy atom. The molecule has 1 unspecified atom stereocenters. The topological polar surface area (TPSA) is 41.3 Å². The largest absolute Gasteiger partial charge is 1.00 e. The Morgan fingerprint density at radius 2 is 1.35 bits per heavy atom. The van der Waals surface area contributed by atoms with Gasteiger partial charge < -0.3 is 12.4 Å². The molecule has 0 aromatic heterocycles. The Labute approximate surface area is 155 Å². The molecule has 7 heteroatoms. The van der Waals surface area contributed by atoms with Gasteiger partial charge in [-0.15, -0.1) is 0 Å². The van der Waals surface area contributed by atoms with Crippen molar-refractivity contribution in [1.29, 1.82) is 0 Å². The molecule has 1 heterocycles. The third kappa shape index (κ3) is 4.46. The maximum absolute atomic E-state index is 6.06. The molecular formula is C16H13Cl4N3. The van der Waals surface area contributed by atoms with Crippen LogP contribution in [-0.4, -0.2) is 21.6 Å². The van der Waals surface area contributed by atoms with Gasteiger partial charge in [-0.25, -0.2) is 4.99 Å². The number of hydrogen-bond acceptors (Lipinski definition) is 2. The summed E-state index contributed by atoms with van der Waals surface area (Å²) in [5, 5.41) is 1.79. The second-order valence-electron chi connectivity index (χ2n) is 4.83. The average molecular weight is 389 g/mol. The zero-order valence-corrected chi connectivity index (χ0v) is 14.9. The molecule has 0 saturated carbocycles. The summed E-state index contributed by atoms with van der Waals surface area (Å²) in [6.07, 6.45) is -0.583. The van der Waals surface area contributed by atoms with Gasteiger partial charge in [-0.1, -0.05) is 83.3 Å². The minimum atomic E-state index is -1.52. The van der Waals surface area contributed by atoms with Gasteiger partial charge in [0.2, 0.25) is 12.0 Å². The number of nitrogens with two attached hydrogens (primary N) is 1. The first-order valence-electron chi connectivity index (χ1n) is 6.73. The molecule has 0 saturated heterocycles. The van der Waals surface area contributed by atoms with Gasteiger partial charge in [0, 0.05) is 5.56 Å². The summed E-state index contributed by atoms with van der Waals surface area (Å²) < 4.78 is -1.52. The first-order valence-corrected chi connectivity index (χ1v) is 7.86. The molecule has 0 bridgehead atoms. The minimum Gasteiger partial charge on any atom is -1.00 e. The molecule has 0 amide bonds. The lowest BCUT2D eigenvalue weighted by Crippen LogP contribution is -3.00. The lowest BCUT2D eigenvalue weighted by molar-refractivity contribution is -0.578. The Morgan fingerprint density at radius 1 is 0.826 bits per heavy atom. The van der Waals surface area contributed by atoms with Crippen molar-refractivity contribution >= 4 is 46.5 Å². The highest BCUT2D eigenvalue weighted by Gasteiger charge is 2.40. The summed E-state index contributed by atoms with van der Waals surface area (Å²) in [6.45, 7) is 0. The molecule has 2 aromatic rings.